The third-order valence-corrected chi connectivity index (χ3v) is 3.49. The van der Waals surface area contributed by atoms with E-state index in [0.717, 1.165) is 24.5 Å². The molecule has 1 atom stereocenters. The van der Waals surface area contributed by atoms with Gasteiger partial charge < -0.3 is 20.3 Å². The SMILES string of the molecule is COCC(C)NC(=O)NCc1ccnc(N2CCCC2)c1. The fourth-order valence-electron chi connectivity index (χ4n) is 2.44. The number of carbonyl (C=O) groups excluding carboxylic acids is 1. The average Bonchev–Trinajstić information content (AvgIpc) is 3.00. The number of methoxy groups -OCH3 is 1. The van der Waals surface area contributed by atoms with Crippen LogP contribution in [0.15, 0.2) is 18.3 Å². The van der Waals surface area contributed by atoms with Gasteiger partial charge in [0.25, 0.3) is 0 Å². The van der Waals surface area contributed by atoms with E-state index in [4.69, 9.17) is 4.74 Å². The molecule has 2 heterocycles. The summed E-state index contributed by atoms with van der Waals surface area (Å²) in [5.41, 5.74) is 1.06. The molecule has 1 unspecified atom stereocenters. The fraction of sp³-hybridized carbons (Fsp3) is 0.600. The first kappa shape index (κ1) is 15.6. The summed E-state index contributed by atoms with van der Waals surface area (Å²) in [5.74, 6) is 1.000. The topological polar surface area (TPSA) is 66.5 Å². The number of urea groups is 1. The lowest BCUT2D eigenvalue weighted by Crippen LogP contribution is -2.42. The van der Waals surface area contributed by atoms with E-state index >= 15 is 0 Å². The summed E-state index contributed by atoms with van der Waals surface area (Å²) >= 11 is 0. The Morgan fingerprint density at radius 1 is 1.48 bits per heavy atom. The van der Waals surface area contributed by atoms with Gasteiger partial charge in [0.05, 0.1) is 12.6 Å². The highest BCUT2D eigenvalue weighted by Crippen LogP contribution is 2.18. The molecular weight excluding hydrogens is 268 g/mol. The molecule has 0 bridgehead atoms. The van der Waals surface area contributed by atoms with E-state index in [9.17, 15) is 4.79 Å². The molecule has 6 heteroatoms. The summed E-state index contributed by atoms with van der Waals surface area (Å²) in [6.07, 6.45) is 4.25. The molecule has 0 saturated carbocycles. The number of pyridine rings is 1. The van der Waals surface area contributed by atoms with Gasteiger partial charge in [-0.3, -0.25) is 0 Å². The minimum Gasteiger partial charge on any atom is -0.383 e. The standard InChI is InChI=1S/C15H24N4O2/c1-12(11-21-2)18-15(20)17-10-13-5-6-16-14(9-13)19-7-3-4-8-19/h5-6,9,12H,3-4,7-8,10-11H2,1-2H3,(H2,17,18,20). The van der Waals surface area contributed by atoms with E-state index in [1.54, 1.807) is 13.3 Å². The molecule has 2 rings (SSSR count). The van der Waals surface area contributed by atoms with Crippen LogP contribution >= 0.6 is 0 Å². The number of hydrogen-bond donors (Lipinski definition) is 2. The number of carbonyl (C=O) groups is 1. The van der Waals surface area contributed by atoms with E-state index in [1.165, 1.54) is 12.8 Å². The lowest BCUT2D eigenvalue weighted by Gasteiger charge is -2.17. The Morgan fingerprint density at radius 3 is 2.95 bits per heavy atom. The van der Waals surface area contributed by atoms with Crippen molar-refractivity contribution in [2.75, 3.05) is 31.7 Å². The van der Waals surface area contributed by atoms with Gasteiger partial charge in [0.1, 0.15) is 5.82 Å². The van der Waals surface area contributed by atoms with Crippen LogP contribution in [-0.2, 0) is 11.3 Å². The molecule has 1 aliphatic rings. The molecule has 1 aliphatic heterocycles. The first-order valence-corrected chi connectivity index (χ1v) is 7.42. The Balaban J connectivity index is 1.82. The van der Waals surface area contributed by atoms with Gasteiger partial charge in [-0.25, -0.2) is 9.78 Å². The number of aromatic nitrogens is 1. The number of hydrogen-bond acceptors (Lipinski definition) is 4. The summed E-state index contributed by atoms with van der Waals surface area (Å²) in [7, 11) is 1.62. The van der Waals surface area contributed by atoms with E-state index in [2.05, 4.69) is 20.5 Å². The van der Waals surface area contributed by atoms with Gasteiger partial charge in [-0.1, -0.05) is 0 Å². The zero-order valence-corrected chi connectivity index (χ0v) is 12.8. The Morgan fingerprint density at radius 2 is 2.24 bits per heavy atom. The maximum Gasteiger partial charge on any atom is 0.315 e. The van der Waals surface area contributed by atoms with Crippen LogP contribution in [0, 0.1) is 0 Å². The van der Waals surface area contributed by atoms with Crippen molar-refractivity contribution >= 4 is 11.8 Å². The Labute approximate surface area is 125 Å². The Bertz CT molecular complexity index is 461. The van der Waals surface area contributed by atoms with Crippen molar-refractivity contribution in [3.05, 3.63) is 23.9 Å². The predicted molar refractivity (Wildman–Crippen MR) is 82.4 cm³/mol. The van der Waals surface area contributed by atoms with Crippen LogP contribution in [0.25, 0.3) is 0 Å². The number of amides is 2. The molecule has 0 spiro atoms. The van der Waals surface area contributed by atoms with Crippen molar-refractivity contribution < 1.29 is 9.53 Å². The van der Waals surface area contributed by atoms with E-state index in [-0.39, 0.29) is 12.1 Å². The van der Waals surface area contributed by atoms with Crippen molar-refractivity contribution in [1.29, 1.82) is 0 Å². The van der Waals surface area contributed by atoms with Crippen LogP contribution in [0.3, 0.4) is 0 Å². The maximum absolute atomic E-state index is 11.7. The van der Waals surface area contributed by atoms with Crippen molar-refractivity contribution in [3.8, 4) is 0 Å². The molecule has 1 fully saturated rings. The number of nitrogens with zero attached hydrogens (tertiary/aromatic N) is 2. The van der Waals surface area contributed by atoms with Crippen molar-refractivity contribution in [2.45, 2.75) is 32.4 Å². The number of ether oxygens (including phenoxy) is 1. The lowest BCUT2D eigenvalue weighted by molar-refractivity contribution is 0.171. The van der Waals surface area contributed by atoms with Crippen molar-refractivity contribution in [3.63, 3.8) is 0 Å². The molecule has 116 valence electrons. The molecule has 2 amide bonds. The smallest absolute Gasteiger partial charge is 0.315 e. The van der Waals surface area contributed by atoms with E-state index < -0.39 is 0 Å². The molecular formula is C15H24N4O2. The van der Waals surface area contributed by atoms with E-state index in [0.29, 0.717) is 13.2 Å². The third-order valence-electron chi connectivity index (χ3n) is 3.49. The Kier molecular flexibility index (Phi) is 5.80. The number of anilines is 1. The summed E-state index contributed by atoms with van der Waals surface area (Å²) in [5, 5.41) is 5.67. The molecule has 1 aromatic rings. The van der Waals surface area contributed by atoms with Crippen molar-refractivity contribution in [1.82, 2.24) is 15.6 Å². The Hall–Kier alpha value is -1.82. The lowest BCUT2D eigenvalue weighted by atomic mass is 10.2. The molecule has 21 heavy (non-hydrogen) atoms. The van der Waals surface area contributed by atoms with Gasteiger partial charge in [-0.2, -0.15) is 0 Å². The minimum atomic E-state index is -0.181. The largest absolute Gasteiger partial charge is 0.383 e. The molecule has 1 saturated heterocycles. The highest BCUT2D eigenvalue weighted by molar-refractivity contribution is 5.74. The van der Waals surface area contributed by atoms with Gasteiger partial charge in [0.2, 0.25) is 0 Å². The quantitative estimate of drug-likeness (QED) is 0.834. The van der Waals surface area contributed by atoms with Gasteiger partial charge >= 0.3 is 6.03 Å². The molecule has 0 radical (unpaired) electrons. The second kappa shape index (κ2) is 7.83. The highest BCUT2D eigenvalue weighted by Gasteiger charge is 2.13. The van der Waals surface area contributed by atoms with Crippen LogP contribution in [0.2, 0.25) is 0 Å². The van der Waals surface area contributed by atoms with Crippen LogP contribution in [0.1, 0.15) is 25.3 Å². The number of rotatable bonds is 6. The number of nitrogens with one attached hydrogen (secondary N) is 2. The van der Waals surface area contributed by atoms with Gasteiger partial charge in [-0.15, -0.1) is 0 Å². The van der Waals surface area contributed by atoms with Gasteiger partial charge in [0, 0.05) is 32.9 Å². The zero-order valence-electron chi connectivity index (χ0n) is 12.8. The van der Waals surface area contributed by atoms with Crippen LogP contribution < -0.4 is 15.5 Å². The summed E-state index contributed by atoms with van der Waals surface area (Å²) in [4.78, 5) is 18.4. The zero-order chi connectivity index (χ0) is 15.1. The first-order valence-electron chi connectivity index (χ1n) is 7.42. The van der Waals surface area contributed by atoms with Crippen LogP contribution in [-0.4, -0.2) is 43.9 Å². The third kappa shape index (κ3) is 4.90. The molecule has 6 nitrogen and oxygen atoms in total. The van der Waals surface area contributed by atoms with Gasteiger partial charge in [0.15, 0.2) is 0 Å². The first-order chi connectivity index (χ1) is 10.2. The molecule has 1 aromatic heterocycles. The normalized spacial score (nSPS) is 15.8. The molecule has 0 aliphatic carbocycles. The highest BCUT2D eigenvalue weighted by atomic mass is 16.5. The fourth-order valence-corrected chi connectivity index (χ4v) is 2.44. The van der Waals surface area contributed by atoms with Crippen molar-refractivity contribution in [2.24, 2.45) is 0 Å². The second-order valence-electron chi connectivity index (χ2n) is 5.40. The van der Waals surface area contributed by atoms with Crippen LogP contribution in [0.4, 0.5) is 10.6 Å². The minimum absolute atomic E-state index is 0.00685. The molecule has 0 aromatic carbocycles. The van der Waals surface area contributed by atoms with E-state index in [1.807, 2.05) is 19.1 Å². The van der Waals surface area contributed by atoms with Crippen LogP contribution in [0.5, 0.6) is 0 Å². The second-order valence-corrected chi connectivity index (χ2v) is 5.40. The predicted octanol–water partition coefficient (Wildman–Crippen LogP) is 1.52. The monoisotopic (exact) mass is 292 g/mol. The average molecular weight is 292 g/mol. The maximum atomic E-state index is 11.7. The summed E-state index contributed by atoms with van der Waals surface area (Å²) < 4.78 is 4.98. The molecule has 2 N–H and O–H groups in total. The summed E-state index contributed by atoms with van der Waals surface area (Å²) in [6.45, 7) is 5.04. The van der Waals surface area contributed by atoms with Gasteiger partial charge in [-0.05, 0) is 37.5 Å². The summed E-state index contributed by atoms with van der Waals surface area (Å²) in [6, 6.07) is 3.79.